The van der Waals surface area contributed by atoms with E-state index >= 15 is 0 Å². The van der Waals surface area contributed by atoms with E-state index in [9.17, 15) is 0 Å². The number of hydrogen-bond acceptors (Lipinski definition) is 2. The average molecular weight is 604 g/mol. The van der Waals surface area contributed by atoms with Crippen molar-refractivity contribution in [1.82, 2.24) is 0 Å². The van der Waals surface area contributed by atoms with E-state index in [1.54, 1.807) is 0 Å². The fourth-order valence-corrected chi connectivity index (χ4v) is 6.48. The number of rotatable bonds is 7. The molecular weight excluding hydrogens is 571 g/mol. The number of fused-ring (bicyclic) bond motifs is 1. The van der Waals surface area contributed by atoms with Crippen LogP contribution in [-0.2, 0) is 0 Å². The molecule has 0 aliphatic carbocycles. The van der Waals surface area contributed by atoms with Crippen molar-refractivity contribution < 1.29 is 4.42 Å². The first kappa shape index (κ1) is 28.4. The van der Waals surface area contributed by atoms with Gasteiger partial charge < -0.3 is 9.32 Å². The molecule has 0 saturated heterocycles. The number of nitrogens with zero attached hydrogens (tertiary/aromatic N) is 1. The van der Waals surface area contributed by atoms with Crippen molar-refractivity contribution in [2.45, 2.75) is 6.92 Å². The van der Waals surface area contributed by atoms with E-state index < -0.39 is 0 Å². The quantitative estimate of drug-likeness (QED) is 0.180. The van der Waals surface area contributed by atoms with Crippen LogP contribution >= 0.6 is 0 Å². The van der Waals surface area contributed by atoms with Crippen molar-refractivity contribution in [3.63, 3.8) is 0 Å². The molecular formula is C45H33NO. The molecule has 0 atom stereocenters. The highest BCUT2D eigenvalue weighted by Crippen LogP contribution is 2.41. The summed E-state index contributed by atoms with van der Waals surface area (Å²) < 4.78 is 6.26. The lowest BCUT2D eigenvalue weighted by atomic mass is 9.97. The maximum atomic E-state index is 6.26. The molecule has 8 rings (SSSR count). The van der Waals surface area contributed by atoms with Crippen LogP contribution in [0, 0.1) is 6.92 Å². The molecule has 0 bridgehead atoms. The molecule has 0 amide bonds. The van der Waals surface area contributed by atoms with Crippen molar-refractivity contribution in [2.75, 3.05) is 4.90 Å². The van der Waals surface area contributed by atoms with Gasteiger partial charge in [-0.1, -0.05) is 140 Å². The third-order valence-electron chi connectivity index (χ3n) is 8.89. The molecule has 8 aromatic rings. The predicted octanol–water partition coefficient (Wildman–Crippen LogP) is 12.9. The van der Waals surface area contributed by atoms with Gasteiger partial charge >= 0.3 is 0 Å². The summed E-state index contributed by atoms with van der Waals surface area (Å²) in [5, 5.41) is 1.16. The van der Waals surface area contributed by atoms with Gasteiger partial charge in [-0.3, -0.25) is 0 Å². The Morgan fingerprint density at radius 1 is 0.404 bits per heavy atom. The highest BCUT2D eigenvalue weighted by Gasteiger charge is 2.17. The van der Waals surface area contributed by atoms with E-state index in [4.69, 9.17) is 4.42 Å². The van der Waals surface area contributed by atoms with E-state index in [2.05, 4.69) is 182 Å². The molecule has 1 heterocycles. The van der Waals surface area contributed by atoms with Gasteiger partial charge in [0.15, 0.2) is 0 Å². The number of para-hydroxylation sites is 3. The summed E-state index contributed by atoms with van der Waals surface area (Å²) in [6, 6.07) is 64.4. The lowest BCUT2D eigenvalue weighted by molar-refractivity contribution is 0.629. The van der Waals surface area contributed by atoms with Crippen molar-refractivity contribution in [3.05, 3.63) is 188 Å². The highest BCUT2D eigenvalue weighted by atomic mass is 16.3. The van der Waals surface area contributed by atoms with Crippen LogP contribution in [0.1, 0.15) is 5.56 Å². The zero-order chi connectivity index (χ0) is 31.6. The van der Waals surface area contributed by atoms with E-state index in [0.29, 0.717) is 0 Å². The Bertz CT molecular complexity index is 2280. The van der Waals surface area contributed by atoms with Crippen LogP contribution < -0.4 is 4.90 Å². The topological polar surface area (TPSA) is 16.4 Å². The van der Waals surface area contributed by atoms with Gasteiger partial charge in [0.2, 0.25) is 0 Å². The van der Waals surface area contributed by atoms with Crippen LogP contribution in [0.25, 0.3) is 55.7 Å². The van der Waals surface area contributed by atoms with E-state index in [1.165, 1.54) is 38.9 Å². The Morgan fingerprint density at radius 2 is 0.936 bits per heavy atom. The summed E-state index contributed by atoms with van der Waals surface area (Å²) in [5.74, 6) is 0.931. The van der Waals surface area contributed by atoms with Gasteiger partial charge in [0.05, 0.1) is 5.69 Å². The van der Waals surface area contributed by atoms with Gasteiger partial charge in [-0.2, -0.15) is 0 Å². The summed E-state index contributed by atoms with van der Waals surface area (Å²) in [6.45, 7) is 2.13. The van der Waals surface area contributed by atoms with Crippen LogP contribution in [0.3, 0.4) is 0 Å². The molecule has 0 aliphatic heterocycles. The van der Waals surface area contributed by atoms with Gasteiger partial charge in [0, 0.05) is 33.5 Å². The first-order chi connectivity index (χ1) is 23.2. The summed E-state index contributed by atoms with van der Waals surface area (Å²) in [5.41, 5.74) is 13.6. The molecule has 0 fully saturated rings. The third kappa shape index (κ3) is 5.51. The predicted molar refractivity (Wildman–Crippen MR) is 197 cm³/mol. The molecule has 1 aromatic heterocycles. The molecule has 47 heavy (non-hydrogen) atoms. The Hall–Kier alpha value is -6.12. The minimum absolute atomic E-state index is 0.924. The molecule has 7 aromatic carbocycles. The smallest absolute Gasteiger partial charge is 0.138 e. The maximum absolute atomic E-state index is 6.26. The van der Waals surface area contributed by atoms with Crippen molar-refractivity contribution in [2.24, 2.45) is 0 Å². The molecule has 2 nitrogen and oxygen atoms in total. The first-order valence-corrected chi connectivity index (χ1v) is 16.0. The monoisotopic (exact) mass is 603 g/mol. The largest absolute Gasteiger partial charge is 0.456 e. The van der Waals surface area contributed by atoms with Crippen LogP contribution in [0.5, 0.6) is 0 Å². The zero-order valence-electron chi connectivity index (χ0n) is 26.2. The Kier molecular flexibility index (Phi) is 7.45. The fourth-order valence-electron chi connectivity index (χ4n) is 6.48. The molecule has 0 spiro atoms. The Morgan fingerprint density at radius 3 is 1.66 bits per heavy atom. The van der Waals surface area contributed by atoms with Crippen molar-refractivity contribution in [3.8, 4) is 44.7 Å². The van der Waals surface area contributed by atoms with Gasteiger partial charge in [0.1, 0.15) is 11.3 Å². The van der Waals surface area contributed by atoms with Crippen molar-refractivity contribution in [1.29, 1.82) is 0 Å². The summed E-state index contributed by atoms with van der Waals surface area (Å²) in [4.78, 5) is 2.34. The van der Waals surface area contributed by atoms with Crippen LogP contribution in [0.2, 0.25) is 0 Å². The number of hydrogen-bond donors (Lipinski definition) is 0. The van der Waals surface area contributed by atoms with Gasteiger partial charge in [-0.15, -0.1) is 0 Å². The van der Waals surface area contributed by atoms with Gasteiger partial charge in [0.25, 0.3) is 0 Å². The average Bonchev–Trinajstić information content (AvgIpc) is 3.49. The highest BCUT2D eigenvalue weighted by molar-refractivity contribution is 5.90. The van der Waals surface area contributed by atoms with Gasteiger partial charge in [-0.25, -0.2) is 0 Å². The van der Waals surface area contributed by atoms with Crippen molar-refractivity contribution >= 4 is 28.0 Å². The van der Waals surface area contributed by atoms with Gasteiger partial charge in [-0.05, 0) is 77.2 Å². The summed E-state index contributed by atoms with van der Waals surface area (Å²) >= 11 is 0. The molecule has 0 N–H and O–H groups in total. The molecule has 0 unspecified atom stereocenters. The molecule has 0 saturated carbocycles. The second-order valence-corrected chi connectivity index (χ2v) is 11.8. The Labute approximate surface area is 275 Å². The maximum Gasteiger partial charge on any atom is 0.138 e. The molecule has 0 aliphatic rings. The lowest BCUT2D eigenvalue weighted by Crippen LogP contribution is -2.11. The first-order valence-electron chi connectivity index (χ1n) is 16.0. The van der Waals surface area contributed by atoms with Crippen LogP contribution in [0.4, 0.5) is 17.1 Å². The second-order valence-electron chi connectivity index (χ2n) is 11.8. The SMILES string of the molecule is Cc1c(-c2cccc(-c3ccc(-c4ccc(N(c5ccccc5)c5ccccc5-c5ccccc5)cc4)cc3)c2)oc2ccccc12. The normalized spacial score (nSPS) is 11.1. The molecule has 224 valence electrons. The zero-order valence-corrected chi connectivity index (χ0v) is 26.2. The number of aryl methyl sites for hydroxylation is 1. The van der Waals surface area contributed by atoms with E-state index in [-0.39, 0.29) is 0 Å². The molecule has 0 radical (unpaired) electrons. The second kappa shape index (κ2) is 12.3. The minimum atomic E-state index is 0.924. The number of anilines is 3. The Balaban J connectivity index is 1.10. The third-order valence-corrected chi connectivity index (χ3v) is 8.89. The number of furan rings is 1. The van der Waals surface area contributed by atoms with Crippen LogP contribution in [0.15, 0.2) is 186 Å². The molecule has 2 heteroatoms. The van der Waals surface area contributed by atoms with Crippen LogP contribution in [-0.4, -0.2) is 0 Å². The lowest BCUT2D eigenvalue weighted by Gasteiger charge is -2.28. The summed E-state index contributed by atoms with van der Waals surface area (Å²) in [7, 11) is 0. The number of benzene rings is 7. The van der Waals surface area contributed by atoms with E-state index in [0.717, 1.165) is 39.4 Å². The van der Waals surface area contributed by atoms with E-state index in [1.807, 2.05) is 12.1 Å². The minimum Gasteiger partial charge on any atom is -0.456 e. The standard InChI is InChI=1S/C45H33NO/c1-32-41-19-9-11-22-44(41)47-45(32)38-16-12-15-37(31-38)35-25-23-33(24-26-35)34-27-29-40(30-28-34)46(39-17-6-3-7-18-39)43-21-10-8-20-42(43)36-13-4-2-5-14-36/h2-31H,1H3. The fraction of sp³-hybridized carbons (Fsp3) is 0.0222. The summed E-state index contributed by atoms with van der Waals surface area (Å²) in [6.07, 6.45) is 0.